The Morgan fingerprint density at radius 1 is 1.10 bits per heavy atom. The molecular formula is C23H26O8. The molecule has 3 rings (SSSR count). The number of ether oxygens (including phenoxy) is 3. The van der Waals surface area contributed by atoms with Gasteiger partial charge in [-0.05, 0) is 43.2 Å². The van der Waals surface area contributed by atoms with Crippen LogP contribution in [0.2, 0.25) is 0 Å². The first-order chi connectivity index (χ1) is 14.6. The highest BCUT2D eigenvalue weighted by molar-refractivity contribution is 5.97. The number of benzene rings is 2. The number of carbonyl (C=O) groups is 2. The molecule has 1 aliphatic heterocycles. The van der Waals surface area contributed by atoms with Crippen LogP contribution in [-0.4, -0.2) is 46.6 Å². The molecule has 2 aromatic carbocycles. The van der Waals surface area contributed by atoms with E-state index in [4.69, 9.17) is 9.47 Å². The Hall–Kier alpha value is -3.10. The largest absolute Gasteiger partial charge is 0.507 e. The summed E-state index contributed by atoms with van der Waals surface area (Å²) in [6.45, 7) is 2.67. The van der Waals surface area contributed by atoms with E-state index in [2.05, 4.69) is 4.74 Å². The highest BCUT2D eigenvalue weighted by Crippen LogP contribution is 2.53. The van der Waals surface area contributed by atoms with Gasteiger partial charge in [0.15, 0.2) is 18.0 Å². The van der Waals surface area contributed by atoms with Gasteiger partial charge in [0.1, 0.15) is 17.2 Å². The molecule has 166 valence electrons. The highest BCUT2D eigenvalue weighted by Gasteiger charge is 2.61. The molecule has 0 amide bonds. The van der Waals surface area contributed by atoms with E-state index < -0.39 is 23.7 Å². The van der Waals surface area contributed by atoms with Crippen molar-refractivity contribution in [3.8, 4) is 17.2 Å². The van der Waals surface area contributed by atoms with Gasteiger partial charge in [-0.1, -0.05) is 25.5 Å². The lowest BCUT2D eigenvalue weighted by molar-refractivity contribution is -0.259. The lowest BCUT2D eigenvalue weighted by atomic mass is 9.82. The minimum Gasteiger partial charge on any atom is -0.507 e. The van der Waals surface area contributed by atoms with Crippen LogP contribution in [0.5, 0.6) is 17.2 Å². The second-order valence-electron chi connectivity index (χ2n) is 7.57. The number of aromatic hydroxyl groups is 1. The highest BCUT2D eigenvalue weighted by atomic mass is 16.7. The van der Waals surface area contributed by atoms with Crippen LogP contribution in [0, 0.1) is 0 Å². The number of hydrogen-bond acceptors (Lipinski definition) is 8. The Morgan fingerprint density at radius 3 is 2.35 bits per heavy atom. The van der Waals surface area contributed by atoms with Crippen molar-refractivity contribution >= 4 is 11.8 Å². The second-order valence-corrected chi connectivity index (χ2v) is 7.57. The van der Waals surface area contributed by atoms with E-state index in [9.17, 15) is 24.9 Å². The van der Waals surface area contributed by atoms with Gasteiger partial charge in [0.05, 0.1) is 24.7 Å². The first-order valence-corrected chi connectivity index (χ1v) is 9.95. The first kappa shape index (κ1) is 22.6. The van der Waals surface area contributed by atoms with Crippen molar-refractivity contribution in [1.29, 1.82) is 0 Å². The molecule has 0 aliphatic carbocycles. The summed E-state index contributed by atoms with van der Waals surface area (Å²) in [6, 6.07) is 9.43. The van der Waals surface area contributed by atoms with Crippen molar-refractivity contribution in [2.45, 2.75) is 44.5 Å². The fourth-order valence-electron chi connectivity index (χ4n) is 3.76. The number of phenolic OH excluding ortho intramolecular Hbond substituents is 1. The van der Waals surface area contributed by atoms with Crippen molar-refractivity contribution < 1.29 is 39.1 Å². The molecular weight excluding hydrogens is 404 g/mol. The van der Waals surface area contributed by atoms with Crippen LogP contribution in [-0.2, 0) is 21.6 Å². The lowest BCUT2D eigenvalue weighted by Crippen LogP contribution is -2.55. The molecule has 3 N–H and O–H groups in total. The Morgan fingerprint density at radius 2 is 1.77 bits per heavy atom. The number of rotatable bonds is 8. The van der Waals surface area contributed by atoms with E-state index in [-0.39, 0.29) is 41.5 Å². The van der Waals surface area contributed by atoms with Gasteiger partial charge in [-0.15, -0.1) is 0 Å². The van der Waals surface area contributed by atoms with Gasteiger partial charge < -0.3 is 29.5 Å². The zero-order valence-corrected chi connectivity index (χ0v) is 17.7. The van der Waals surface area contributed by atoms with E-state index >= 15 is 0 Å². The number of methoxy groups -OCH3 is 1. The minimum atomic E-state index is -2.19. The van der Waals surface area contributed by atoms with Gasteiger partial charge in [0.25, 0.3) is 5.79 Å². The number of ketones is 1. The molecule has 0 spiro atoms. The Balaban J connectivity index is 1.85. The fourth-order valence-corrected chi connectivity index (χ4v) is 3.76. The van der Waals surface area contributed by atoms with Gasteiger partial charge in [-0.2, -0.15) is 0 Å². The quantitative estimate of drug-likeness (QED) is 0.431. The third kappa shape index (κ3) is 4.08. The van der Waals surface area contributed by atoms with Crippen LogP contribution < -0.4 is 9.47 Å². The average molecular weight is 430 g/mol. The maximum Gasteiger partial charge on any atom is 0.309 e. The molecule has 0 fully saturated rings. The summed E-state index contributed by atoms with van der Waals surface area (Å²) in [5, 5.41) is 33.3. The summed E-state index contributed by atoms with van der Waals surface area (Å²) in [7, 11) is 1.31. The van der Waals surface area contributed by atoms with Gasteiger partial charge in [-0.3, -0.25) is 9.59 Å². The topological polar surface area (TPSA) is 123 Å². The molecule has 2 atom stereocenters. The predicted molar refractivity (Wildman–Crippen MR) is 110 cm³/mol. The van der Waals surface area contributed by atoms with Gasteiger partial charge >= 0.3 is 5.97 Å². The van der Waals surface area contributed by atoms with E-state index in [1.165, 1.54) is 26.2 Å². The SMILES string of the molecule is CCCC1(O)c2c(ccc(C(C)=O)c2O)OC1(O)COc1ccc(CC(=O)OC)cc1. The van der Waals surface area contributed by atoms with Crippen molar-refractivity contribution in [2.24, 2.45) is 0 Å². The summed E-state index contributed by atoms with van der Waals surface area (Å²) in [6.07, 6.45) is 0.646. The standard InChI is InChI=1S/C23H26O8/c1-4-11-22(27)20-18(10-9-17(14(2)24)21(20)26)31-23(22,28)13-30-16-7-5-15(6-8-16)12-19(25)29-3/h5-10,26-28H,4,11-13H2,1-3H3. The van der Waals surface area contributed by atoms with Crippen molar-refractivity contribution in [3.05, 3.63) is 53.1 Å². The van der Waals surface area contributed by atoms with Crippen molar-refractivity contribution in [3.63, 3.8) is 0 Å². The second kappa shape index (κ2) is 8.56. The molecule has 2 aromatic rings. The zero-order chi connectivity index (χ0) is 22.8. The van der Waals surface area contributed by atoms with Crippen molar-refractivity contribution in [1.82, 2.24) is 0 Å². The van der Waals surface area contributed by atoms with Crippen LogP contribution in [0.25, 0.3) is 0 Å². The molecule has 0 radical (unpaired) electrons. The molecule has 1 heterocycles. The third-order valence-electron chi connectivity index (χ3n) is 5.40. The molecule has 1 aliphatic rings. The number of aliphatic hydroxyl groups is 2. The lowest BCUT2D eigenvalue weighted by Gasteiger charge is -2.36. The third-order valence-corrected chi connectivity index (χ3v) is 5.40. The van der Waals surface area contributed by atoms with Crippen LogP contribution in [0.1, 0.15) is 48.2 Å². The number of hydrogen-bond donors (Lipinski definition) is 3. The fraction of sp³-hybridized carbons (Fsp3) is 0.391. The van der Waals surface area contributed by atoms with E-state index in [0.717, 1.165) is 5.56 Å². The van der Waals surface area contributed by atoms with Crippen LogP contribution in [0.3, 0.4) is 0 Å². The number of Topliss-reactive ketones (excluding diaryl/α,β-unsaturated/α-hetero) is 1. The van der Waals surface area contributed by atoms with E-state index in [0.29, 0.717) is 12.2 Å². The Kier molecular flexibility index (Phi) is 6.24. The predicted octanol–water partition coefficient (Wildman–Crippen LogP) is 2.46. The molecule has 0 bridgehead atoms. The molecule has 0 saturated heterocycles. The molecule has 8 heteroatoms. The summed E-state index contributed by atoms with van der Waals surface area (Å²) in [4.78, 5) is 23.2. The molecule has 2 unspecified atom stereocenters. The van der Waals surface area contributed by atoms with Crippen LogP contribution in [0.15, 0.2) is 36.4 Å². The monoisotopic (exact) mass is 430 g/mol. The average Bonchev–Trinajstić information content (AvgIpc) is 2.95. The Labute approximate surface area is 180 Å². The van der Waals surface area contributed by atoms with E-state index in [1.54, 1.807) is 24.3 Å². The Bertz CT molecular complexity index is 984. The molecule has 0 aromatic heterocycles. The molecule has 31 heavy (non-hydrogen) atoms. The number of fused-ring (bicyclic) bond motifs is 1. The first-order valence-electron chi connectivity index (χ1n) is 9.95. The van der Waals surface area contributed by atoms with Crippen molar-refractivity contribution in [2.75, 3.05) is 13.7 Å². The van der Waals surface area contributed by atoms with E-state index in [1.807, 2.05) is 6.92 Å². The number of carbonyl (C=O) groups excluding carboxylic acids is 2. The van der Waals surface area contributed by atoms with Gasteiger partial charge in [0, 0.05) is 0 Å². The minimum absolute atomic E-state index is 0.0263. The number of esters is 1. The van der Waals surface area contributed by atoms with Gasteiger partial charge in [-0.25, -0.2) is 0 Å². The maximum absolute atomic E-state index is 11.8. The summed E-state index contributed by atoms with van der Waals surface area (Å²) in [5.74, 6) is -2.88. The summed E-state index contributed by atoms with van der Waals surface area (Å²) >= 11 is 0. The summed E-state index contributed by atoms with van der Waals surface area (Å²) < 4.78 is 15.9. The van der Waals surface area contributed by atoms with Crippen LogP contribution >= 0.6 is 0 Å². The van der Waals surface area contributed by atoms with Crippen LogP contribution in [0.4, 0.5) is 0 Å². The normalized spacial score (nSPS) is 21.8. The molecule has 0 saturated carbocycles. The number of phenols is 1. The van der Waals surface area contributed by atoms with Gasteiger partial charge in [0.2, 0.25) is 0 Å². The molecule has 8 nitrogen and oxygen atoms in total. The smallest absolute Gasteiger partial charge is 0.309 e. The maximum atomic E-state index is 11.8. The zero-order valence-electron chi connectivity index (χ0n) is 17.7. The summed E-state index contributed by atoms with van der Waals surface area (Å²) in [5.41, 5.74) is -1.26.